The highest BCUT2D eigenvalue weighted by molar-refractivity contribution is 6.42. The van der Waals surface area contributed by atoms with Crippen LogP contribution in [-0.4, -0.2) is 22.2 Å². The summed E-state index contributed by atoms with van der Waals surface area (Å²) >= 11 is 12.3. The van der Waals surface area contributed by atoms with Crippen LogP contribution in [0.1, 0.15) is 21.5 Å². The predicted octanol–water partition coefficient (Wildman–Crippen LogP) is 2.92. The molecule has 0 spiro atoms. The number of hydrogen-bond donors (Lipinski definition) is 2. The van der Waals surface area contributed by atoms with Crippen LogP contribution in [0.2, 0.25) is 10.0 Å². The molecule has 0 aliphatic heterocycles. The van der Waals surface area contributed by atoms with Gasteiger partial charge < -0.3 is 14.5 Å². The quantitative estimate of drug-likeness (QED) is 0.635. The van der Waals surface area contributed by atoms with Gasteiger partial charge in [0.05, 0.1) is 22.2 Å². The second-order valence-electron chi connectivity index (χ2n) is 5.94. The molecular weight excluding hydrogens is 391 g/mol. The minimum absolute atomic E-state index is 0.158. The number of aliphatic hydroxyl groups excluding tert-OH is 1. The Bertz CT molecular complexity index is 1080. The molecular formula is C19H16Cl2N2O4. The molecule has 0 bridgehead atoms. The van der Waals surface area contributed by atoms with Crippen molar-refractivity contribution < 1.29 is 14.7 Å². The van der Waals surface area contributed by atoms with Crippen LogP contribution in [0.5, 0.6) is 0 Å². The third-order valence-electron chi connectivity index (χ3n) is 4.24. The molecule has 1 aromatic heterocycles. The summed E-state index contributed by atoms with van der Waals surface area (Å²) in [5.41, 5.74) is 1.53. The van der Waals surface area contributed by atoms with Gasteiger partial charge in [-0.15, -0.1) is 0 Å². The Labute approximate surface area is 164 Å². The van der Waals surface area contributed by atoms with Crippen molar-refractivity contribution in [1.82, 2.24) is 4.57 Å². The lowest BCUT2D eigenvalue weighted by Gasteiger charge is -2.13. The molecule has 6 nitrogen and oxygen atoms in total. The summed E-state index contributed by atoms with van der Waals surface area (Å²) in [5.74, 6) is 4.00. The molecule has 0 amide bonds. The summed E-state index contributed by atoms with van der Waals surface area (Å²) in [6, 6.07) is 10.7. The van der Waals surface area contributed by atoms with E-state index in [-0.39, 0.29) is 18.7 Å². The number of aromatic nitrogens is 1. The molecule has 0 aliphatic carbocycles. The van der Waals surface area contributed by atoms with E-state index in [1.54, 1.807) is 28.8 Å². The van der Waals surface area contributed by atoms with Gasteiger partial charge in [0.1, 0.15) is 5.56 Å². The van der Waals surface area contributed by atoms with Crippen molar-refractivity contribution in [1.29, 1.82) is 0 Å². The van der Waals surface area contributed by atoms with Crippen LogP contribution >= 0.6 is 23.2 Å². The van der Waals surface area contributed by atoms with Crippen LogP contribution < -0.4 is 11.3 Å². The Hall–Kier alpha value is -2.38. The normalized spacial score (nSPS) is 11.0. The SMILES string of the molecule is NOC(=O)c1cn(CCO)c2ccc(Cc3cccc(Cl)c3Cl)cc2c1=O. The molecule has 0 saturated heterocycles. The Morgan fingerprint density at radius 1 is 1.22 bits per heavy atom. The molecule has 3 rings (SSSR count). The van der Waals surface area contributed by atoms with Crippen LogP contribution in [0, 0.1) is 0 Å². The Kier molecular flexibility index (Phi) is 5.82. The molecule has 3 aromatic rings. The largest absolute Gasteiger partial charge is 0.395 e. The molecule has 3 N–H and O–H groups in total. The molecule has 0 fully saturated rings. The van der Waals surface area contributed by atoms with Crippen LogP contribution in [0.25, 0.3) is 10.9 Å². The minimum atomic E-state index is -0.933. The molecule has 0 unspecified atom stereocenters. The van der Waals surface area contributed by atoms with Crippen molar-refractivity contribution in [3.05, 3.63) is 79.6 Å². The highest BCUT2D eigenvalue weighted by atomic mass is 35.5. The maximum atomic E-state index is 12.7. The van der Waals surface area contributed by atoms with Crippen molar-refractivity contribution in [2.45, 2.75) is 13.0 Å². The minimum Gasteiger partial charge on any atom is -0.395 e. The second kappa shape index (κ2) is 8.10. The Balaban J connectivity index is 2.15. The standard InChI is InChI=1S/C19H16Cl2N2O4/c20-15-3-1-2-12(17(15)21)8-11-4-5-16-13(9-11)18(25)14(19(26)27-22)10-23(16)6-7-24/h1-5,9-10,24H,6-8,22H2. The van der Waals surface area contributed by atoms with E-state index in [9.17, 15) is 14.7 Å². The van der Waals surface area contributed by atoms with E-state index in [0.29, 0.717) is 27.4 Å². The highest BCUT2D eigenvalue weighted by Crippen LogP contribution is 2.28. The van der Waals surface area contributed by atoms with E-state index in [1.807, 2.05) is 12.1 Å². The summed E-state index contributed by atoms with van der Waals surface area (Å²) in [4.78, 5) is 28.8. The molecule has 8 heteroatoms. The fourth-order valence-corrected chi connectivity index (χ4v) is 3.35. The number of carbonyl (C=O) groups is 1. The zero-order valence-corrected chi connectivity index (χ0v) is 15.6. The highest BCUT2D eigenvalue weighted by Gasteiger charge is 2.17. The molecule has 0 aliphatic rings. The maximum absolute atomic E-state index is 12.7. The summed E-state index contributed by atoms with van der Waals surface area (Å²) in [5, 5.41) is 10.5. The van der Waals surface area contributed by atoms with Crippen molar-refractivity contribution in [3.8, 4) is 0 Å². The number of nitrogens with two attached hydrogens (primary N) is 1. The molecule has 0 radical (unpaired) electrons. The van der Waals surface area contributed by atoms with Crippen molar-refractivity contribution >= 4 is 40.1 Å². The van der Waals surface area contributed by atoms with Crippen LogP contribution in [0.4, 0.5) is 0 Å². The third kappa shape index (κ3) is 3.84. The summed E-state index contributed by atoms with van der Waals surface area (Å²) in [6.45, 7) is 0.0516. The van der Waals surface area contributed by atoms with Gasteiger partial charge in [0.25, 0.3) is 0 Å². The molecule has 0 atom stereocenters. The van der Waals surface area contributed by atoms with E-state index in [1.165, 1.54) is 6.20 Å². The van der Waals surface area contributed by atoms with E-state index in [4.69, 9.17) is 29.1 Å². The molecule has 140 valence electrons. The van der Waals surface area contributed by atoms with Gasteiger partial charge in [-0.3, -0.25) is 4.79 Å². The lowest BCUT2D eigenvalue weighted by Crippen LogP contribution is -2.23. The number of nitrogens with zero attached hydrogens (tertiary/aromatic N) is 1. The van der Waals surface area contributed by atoms with E-state index in [0.717, 1.165) is 11.1 Å². The number of rotatable bonds is 5. The predicted molar refractivity (Wildman–Crippen MR) is 104 cm³/mol. The van der Waals surface area contributed by atoms with E-state index < -0.39 is 11.4 Å². The van der Waals surface area contributed by atoms with Gasteiger partial charge in [0.15, 0.2) is 0 Å². The molecule has 2 aromatic carbocycles. The van der Waals surface area contributed by atoms with Crippen molar-refractivity contribution in [2.75, 3.05) is 6.61 Å². The van der Waals surface area contributed by atoms with Gasteiger partial charge in [-0.25, -0.2) is 4.79 Å². The number of carbonyl (C=O) groups excluding carboxylic acids is 1. The number of halogens is 2. The van der Waals surface area contributed by atoms with Gasteiger partial charge in [-0.2, -0.15) is 5.90 Å². The lowest BCUT2D eigenvalue weighted by atomic mass is 10.0. The summed E-state index contributed by atoms with van der Waals surface area (Å²) in [7, 11) is 0. The number of pyridine rings is 1. The number of aliphatic hydroxyl groups is 1. The number of benzene rings is 2. The van der Waals surface area contributed by atoms with Crippen molar-refractivity contribution in [2.24, 2.45) is 5.90 Å². The van der Waals surface area contributed by atoms with Crippen LogP contribution in [-0.2, 0) is 17.8 Å². The van der Waals surface area contributed by atoms with E-state index in [2.05, 4.69) is 4.84 Å². The first-order valence-electron chi connectivity index (χ1n) is 8.07. The van der Waals surface area contributed by atoms with E-state index >= 15 is 0 Å². The maximum Gasteiger partial charge on any atom is 0.362 e. The fourth-order valence-electron chi connectivity index (χ4n) is 2.96. The van der Waals surface area contributed by atoms with Gasteiger partial charge in [-0.1, -0.05) is 41.4 Å². The zero-order chi connectivity index (χ0) is 19.6. The molecule has 0 saturated carbocycles. The van der Waals surface area contributed by atoms with Crippen molar-refractivity contribution in [3.63, 3.8) is 0 Å². The second-order valence-corrected chi connectivity index (χ2v) is 6.72. The fraction of sp³-hybridized carbons (Fsp3) is 0.158. The average Bonchev–Trinajstić information content (AvgIpc) is 2.67. The summed E-state index contributed by atoms with van der Waals surface area (Å²) < 4.78 is 1.61. The van der Waals surface area contributed by atoms with Crippen LogP contribution in [0.3, 0.4) is 0 Å². The van der Waals surface area contributed by atoms with Gasteiger partial charge in [-0.05, 0) is 35.7 Å². The first-order valence-corrected chi connectivity index (χ1v) is 8.82. The van der Waals surface area contributed by atoms with Gasteiger partial charge >= 0.3 is 5.97 Å². The van der Waals surface area contributed by atoms with Gasteiger partial charge in [0.2, 0.25) is 5.43 Å². The Morgan fingerprint density at radius 3 is 2.70 bits per heavy atom. The topological polar surface area (TPSA) is 94.6 Å². The number of hydrogen-bond acceptors (Lipinski definition) is 5. The first-order chi connectivity index (χ1) is 13.0. The molecule has 1 heterocycles. The lowest BCUT2D eigenvalue weighted by molar-refractivity contribution is 0.0501. The zero-order valence-electron chi connectivity index (χ0n) is 14.1. The monoisotopic (exact) mass is 406 g/mol. The average molecular weight is 407 g/mol. The van der Waals surface area contributed by atoms with Gasteiger partial charge in [0, 0.05) is 18.1 Å². The Morgan fingerprint density at radius 2 is 2.00 bits per heavy atom. The third-order valence-corrected chi connectivity index (χ3v) is 5.10. The number of fused-ring (bicyclic) bond motifs is 1. The summed E-state index contributed by atoms with van der Waals surface area (Å²) in [6.07, 6.45) is 1.80. The van der Waals surface area contributed by atoms with Crippen LogP contribution in [0.15, 0.2) is 47.4 Å². The smallest absolute Gasteiger partial charge is 0.362 e. The molecule has 27 heavy (non-hydrogen) atoms. The first kappa shape index (κ1) is 19.4.